The SMILES string of the molecule is COCCOC(=O)/C(C(C)=O)=C1/OC(=O)c2ccccc21. The number of hydrogen-bond acceptors (Lipinski definition) is 6. The molecule has 21 heavy (non-hydrogen) atoms. The van der Waals surface area contributed by atoms with Crippen molar-refractivity contribution in [2.75, 3.05) is 20.3 Å². The van der Waals surface area contributed by atoms with E-state index in [4.69, 9.17) is 14.2 Å². The molecule has 110 valence electrons. The summed E-state index contributed by atoms with van der Waals surface area (Å²) in [7, 11) is 1.47. The van der Waals surface area contributed by atoms with Gasteiger partial charge in [0, 0.05) is 12.7 Å². The zero-order valence-electron chi connectivity index (χ0n) is 11.7. The van der Waals surface area contributed by atoms with Gasteiger partial charge in [-0.1, -0.05) is 18.2 Å². The molecule has 0 aliphatic carbocycles. The summed E-state index contributed by atoms with van der Waals surface area (Å²) in [5, 5.41) is 0. The quantitative estimate of drug-likeness (QED) is 0.268. The van der Waals surface area contributed by atoms with Crippen molar-refractivity contribution in [3.63, 3.8) is 0 Å². The predicted octanol–water partition coefficient (Wildman–Crippen LogP) is 1.35. The fourth-order valence-corrected chi connectivity index (χ4v) is 1.93. The minimum atomic E-state index is -0.834. The summed E-state index contributed by atoms with van der Waals surface area (Å²) in [6, 6.07) is 6.54. The Morgan fingerprint density at radius 2 is 1.81 bits per heavy atom. The van der Waals surface area contributed by atoms with Crippen molar-refractivity contribution in [2.24, 2.45) is 0 Å². The smallest absolute Gasteiger partial charge is 0.345 e. The molecule has 2 rings (SSSR count). The van der Waals surface area contributed by atoms with Crippen LogP contribution in [0.3, 0.4) is 0 Å². The van der Waals surface area contributed by atoms with Crippen LogP contribution in [-0.4, -0.2) is 38.0 Å². The van der Waals surface area contributed by atoms with Crippen LogP contribution >= 0.6 is 0 Å². The molecule has 6 nitrogen and oxygen atoms in total. The number of carbonyl (C=O) groups excluding carboxylic acids is 3. The molecule has 0 bridgehead atoms. The Morgan fingerprint density at radius 1 is 1.14 bits per heavy atom. The Kier molecular flexibility index (Phi) is 4.49. The van der Waals surface area contributed by atoms with Gasteiger partial charge in [0.2, 0.25) is 0 Å². The molecule has 1 aromatic carbocycles. The molecular weight excluding hydrogens is 276 g/mol. The van der Waals surface area contributed by atoms with Gasteiger partial charge in [-0.05, 0) is 13.0 Å². The predicted molar refractivity (Wildman–Crippen MR) is 72.3 cm³/mol. The van der Waals surface area contributed by atoms with Crippen LogP contribution in [0.1, 0.15) is 22.8 Å². The first kappa shape index (κ1) is 14.9. The average molecular weight is 290 g/mol. The summed E-state index contributed by atoms with van der Waals surface area (Å²) in [5.41, 5.74) is 0.455. The number of methoxy groups -OCH3 is 1. The number of rotatable bonds is 5. The van der Waals surface area contributed by atoms with Crippen LogP contribution in [0.2, 0.25) is 0 Å². The molecule has 1 aromatic rings. The molecule has 0 atom stereocenters. The highest BCUT2D eigenvalue weighted by Gasteiger charge is 2.33. The highest BCUT2D eigenvalue weighted by Crippen LogP contribution is 2.32. The van der Waals surface area contributed by atoms with Crippen molar-refractivity contribution in [1.82, 2.24) is 0 Å². The number of cyclic esters (lactones) is 1. The number of esters is 2. The van der Waals surface area contributed by atoms with E-state index < -0.39 is 17.7 Å². The third-order valence-corrected chi connectivity index (χ3v) is 2.89. The van der Waals surface area contributed by atoms with E-state index >= 15 is 0 Å². The molecule has 1 aliphatic heterocycles. The van der Waals surface area contributed by atoms with Gasteiger partial charge >= 0.3 is 11.9 Å². The molecule has 0 amide bonds. The molecule has 0 saturated heterocycles. The Bertz CT molecular complexity index is 629. The summed E-state index contributed by atoms with van der Waals surface area (Å²) < 4.78 is 14.8. The molecule has 0 unspecified atom stereocenters. The van der Waals surface area contributed by atoms with Crippen molar-refractivity contribution in [1.29, 1.82) is 0 Å². The molecule has 0 fully saturated rings. The van der Waals surface area contributed by atoms with Gasteiger partial charge < -0.3 is 14.2 Å². The average Bonchev–Trinajstić information content (AvgIpc) is 2.77. The summed E-state index contributed by atoms with van der Waals surface area (Å²) in [4.78, 5) is 35.5. The lowest BCUT2D eigenvalue weighted by molar-refractivity contribution is -0.141. The van der Waals surface area contributed by atoms with Crippen molar-refractivity contribution in [3.05, 3.63) is 41.0 Å². The van der Waals surface area contributed by atoms with E-state index in [2.05, 4.69) is 0 Å². The lowest BCUT2D eigenvalue weighted by atomic mass is 10.0. The zero-order chi connectivity index (χ0) is 15.4. The van der Waals surface area contributed by atoms with E-state index in [9.17, 15) is 14.4 Å². The molecule has 0 saturated carbocycles. The third kappa shape index (κ3) is 3.00. The van der Waals surface area contributed by atoms with Gasteiger partial charge in [0.05, 0.1) is 12.2 Å². The second-order valence-corrected chi connectivity index (χ2v) is 4.32. The molecule has 0 N–H and O–H groups in total. The Balaban J connectivity index is 2.40. The fourth-order valence-electron chi connectivity index (χ4n) is 1.93. The standard InChI is InChI=1S/C15H14O6/c1-9(16)12(15(18)20-8-7-19-2)13-10-5-3-4-6-11(10)14(17)21-13/h3-6H,7-8H2,1-2H3/b13-12+. The van der Waals surface area contributed by atoms with Crippen molar-refractivity contribution >= 4 is 23.5 Å². The molecule has 6 heteroatoms. The third-order valence-electron chi connectivity index (χ3n) is 2.89. The largest absolute Gasteiger partial charge is 0.459 e. The second-order valence-electron chi connectivity index (χ2n) is 4.32. The molecular formula is C15H14O6. The van der Waals surface area contributed by atoms with Gasteiger partial charge in [-0.2, -0.15) is 0 Å². The minimum absolute atomic E-state index is 0.00892. The van der Waals surface area contributed by atoms with Crippen LogP contribution in [0, 0.1) is 0 Å². The van der Waals surface area contributed by atoms with E-state index in [1.807, 2.05) is 0 Å². The van der Waals surface area contributed by atoms with Crippen LogP contribution < -0.4 is 0 Å². The fraction of sp³-hybridized carbons (Fsp3) is 0.267. The molecule has 1 aliphatic rings. The summed E-state index contributed by atoms with van der Waals surface area (Å²) in [5.74, 6) is -2.01. The van der Waals surface area contributed by atoms with Gasteiger partial charge in [-0.15, -0.1) is 0 Å². The van der Waals surface area contributed by atoms with E-state index in [-0.39, 0.29) is 24.5 Å². The monoisotopic (exact) mass is 290 g/mol. The van der Waals surface area contributed by atoms with Crippen LogP contribution in [0.5, 0.6) is 0 Å². The highest BCUT2D eigenvalue weighted by atomic mass is 16.6. The van der Waals surface area contributed by atoms with Crippen molar-refractivity contribution in [3.8, 4) is 0 Å². The number of fused-ring (bicyclic) bond motifs is 1. The highest BCUT2D eigenvalue weighted by molar-refractivity contribution is 6.23. The lowest BCUT2D eigenvalue weighted by Gasteiger charge is -2.08. The summed E-state index contributed by atoms with van der Waals surface area (Å²) in [6.07, 6.45) is 0. The number of carbonyl (C=O) groups is 3. The zero-order valence-corrected chi connectivity index (χ0v) is 11.7. The maximum absolute atomic E-state index is 12.0. The van der Waals surface area contributed by atoms with Crippen molar-refractivity contribution in [2.45, 2.75) is 6.92 Å². The maximum atomic E-state index is 12.0. The first-order valence-corrected chi connectivity index (χ1v) is 6.29. The minimum Gasteiger partial charge on any atom is -0.459 e. The molecule has 0 aromatic heterocycles. The normalized spacial score (nSPS) is 15.2. The van der Waals surface area contributed by atoms with Crippen LogP contribution in [0.25, 0.3) is 5.76 Å². The van der Waals surface area contributed by atoms with Gasteiger partial charge in [0.1, 0.15) is 12.2 Å². The van der Waals surface area contributed by atoms with Crippen LogP contribution in [0.15, 0.2) is 29.8 Å². The van der Waals surface area contributed by atoms with Gasteiger partial charge in [-0.3, -0.25) is 4.79 Å². The van der Waals surface area contributed by atoms with Gasteiger partial charge in [0.25, 0.3) is 0 Å². The lowest BCUT2D eigenvalue weighted by Crippen LogP contribution is -2.18. The Morgan fingerprint density at radius 3 is 2.43 bits per heavy atom. The van der Waals surface area contributed by atoms with E-state index in [1.54, 1.807) is 24.3 Å². The summed E-state index contributed by atoms with van der Waals surface area (Å²) >= 11 is 0. The van der Waals surface area contributed by atoms with E-state index in [0.29, 0.717) is 11.1 Å². The molecule has 0 spiro atoms. The van der Waals surface area contributed by atoms with E-state index in [1.165, 1.54) is 14.0 Å². The van der Waals surface area contributed by atoms with Crippen molar-refractivity contribution < 1.29 is 28.6 Å². The molecule has 1 heterocycles. The number of ether oxygens (including phenoxy) is 3. The Labute approximate surface area is 121 Å². The number of benzene rings is 1. The number of Topliss-reactive ketones (excluding diaryl/α,β-unsaturated/α-hetero) is 1. The topological polar surface area (TPSA) is 78.9 Å². The maximum Gasteiger partial charge on any atom is 0.345 e. The second kappa shape index (κ2) is 6.32. The number of hydrogen-bond donors (Lipinski definition) is 0. The summed E-state index contributed by atoms with van der Waals surface area (Å²) in [6.45, 7) is 1.44. The first-order valence-electron chi connectivity index (χ1n) is 6.29. The van der Waals surface area contributed by atoms with Gasteiger partial charge in [-0.25, -0.2) is 9.59 Å². The Hall–Kier alpha value is -2.47. The van der Waals surface area contributed by atoms with Gasteiger partial charge in [0.15, 0.2) is 11.5 Å². The van der Waals surface area contributed by atoms with Crippen LogP contribution in [-0.2, 0) is 23.8 Å². The number of ketones is 1. The first-order chi connectivity index (χ1) is 10.1. The van der Waals surface area contributed by atoms with Crippen LogP contribution in [0.4, 0.5) is 0 Å². The molecule has 0 radical (unpaired) electrons. The van der Waals surface area contributed by atoms with E-state index in [0.717, 1.165) is 0 Å².